The summed E-state index contributed by atoms with van der Waals surface area (Å²) in [5, 5.41) is 15.2. The Morgan fingerprint density at radius 3 is 1.94 bits per heavy atom. The van der Waals surface area contributed by atoms with E-state index in [0.29, 0.717) is 25.3 Å². The number of ether oxygens (including phenoxy) is 3. The van der Waals surface area contributed by atoms with Crippen molar-refractivity contribution < 1.29 is 43.3 Å². The fraction of sp³-hybridized carbons (Fsp3) is 0.868. The van der Waals surface area contributed by atoms with Gasteiger partial charge in [0.05, 0.1) is 56.4 Å². The molecule has 0 spiro atoms. The number of nitrogens with zero attached hydrogens (tertiary/aromatic N) is 3. The number of carbonyl (C=O) groups excluding carboxylic acids is 5. The molecule has 0 aromatic carbocycles. The summed E-state index contributed by atoms with van der Waals surface area (Å²) in [5.74, 6) is -2.52. The molecule has 1 heterocycles. The van der Waals surface area contributed by atoms with E-state index >= 15 is 0 Å². The molecule has 0 bridgehead atoms. The van der Waals surface area contributed by atoms with Crippen molar-refractivity contribution in [2.45, 2.75) is 130 Å². The zero-order valence-electron chi connectivity index (χ0n) is 34.4. The van der Waals surface area contributed by atoms with Gasteiger partial charge in [0.1, 0.15) is 6.04 Å². The first kappa shape index (κ1) is 47.2. The average molecular weight is 742 g/mol. The van der Waals surface area contributed by atoms with Gasteiger partial charge in [-0.15, -0.1) is 0 Å². The normalized spacial score (nSPS) is 19.5. The van der Waals surface area contributed by atoms with E-state index in [4.69, 9.17) is 9.47 Å². The largest absolute Gasteiger partial charge is 0.467 e. The molecule has 0 aromatic heterocycles. The number of aliphatic hydroxyl groups excluding tert-OH is 1. The van der Waals surface area contributed by atoms with Crippen LogP contribution in [0.4, 0.5) is 0 Å². The van der Waals surface area contributed by atoms with Gasteiger partial charge in [-0.2, -0.15) is 0 Å². The monoisotopic (exact) mass is 742 g/mol. The molecule has 4 amide bonds. The molecule has 9 unspecified atom stereocenters. The summed E-state index contributed by atoms with van der Waals surface area (Å²) >= 11 is 0. The molecular formula is C38H71N5O9. The number of carbonyl (C=O) groups is 5. The van der Waals surface area contributed by atoms with Gasteiger partial charge in [0.25, 0.3) is 0 Å². The number of esters is 1. The summed E-state index contributed by atoms with van der Waals surface area (Å²) in [4.78, 5) is 72.6. The molecule has 1 fully saturated rings. The Morgan fingerprint density at radius 1 is 0.885 bits per heavy atom. The standard InChI is InChI=1S/C38H71N5O9/c1-15-26(19-22(2)3)33(42(11)37(48)31(23(4)5)40-36(47)32(24(6)7)41(9)10)29(50-12)20-30(45)43-18-16-17-28(43)34(51-13)25(8)35(46)39-27(21-44)38(49)52-14/h22-29,31-34,44H,15-21H2,1-14H3,(H,39,46)(H,40,47). The van der Waals surface area contributed by atoms with E-state index < -0.39 is 66.8 Å². The molecule has 14 nitrogen and oxygen atoms in total. The number of rotatable bonds is 22. The van der Waals surface area contributed by atoms with Crippen molar-refractivity contribution in [1.82, 2.24) is 25.3 Å². The molecule has 0 saturated carbocycles. The van der Waals surface area contributed by atoms with Gasteiger partial charge in [-0.25, -0.2) is 4.79 Å². The van der Waals surface area contributed by atoms with Crippen LogP contribution in [0.3, 0.4) is 0 Å². The highest BCUT2D eigenvalue weighted by Crippen LogP contribution is 2.31. The highest BCUT2D eigenvalue weighted by atomic mass is 16.5. The average Bonchev–Trinajstić information content (AvgIpc) is 3.57. The first-order valence-corrected chi connectivity index (χ1v) is 18.9. The first-order valence-electron chi connectivity index (χ1n) is 18.9. The SMILES string of the molecule is CCC(CC(C)C)C(C(CC(=O)N1CCCC1C(OC)C(C)C(=O)NC(CO)C(=O)OC)OC)N(C)C(=O)C(NC(=O)C(C(C)C)N(C)C)C(C)C. The number of likely N-dealkylation sites (N-methyl/N-ethyl adjacent to an activating group) is 2. The Bertz CT molecular complexity index is 1140. The second-order valence-electron chi connectivity index (χ2n) is 15.7. The van der Waals surface area contributed by atoms with Gasteiger partial charge in [-0.3, -0.25) is 24.1 Å². The maximum Gasteiger partial charge on any atom is 0.330 e. The van der Waals surface area contributed by atoms with Crippen LogP contribution in [0, 0.1) is 29.6 Å². The summed E-state index contributed by atoms with van der Waals surface area (Å²) in [6, 6.07) is -3.31. The number of hydrogen-bond donors (Lipinski definition) is 3. The fourth-order valence-corrected chi connectivity index (χ4v) is 7.82. The van der Waals surface area contributed by atoms with Crippen LogP contribution in [0.5, 0.6) is 0 Å². The second-order valence-corrected chi connectivity index (χ2v) is 15.7. The van der Waals surface area contributed by atoms with Crippen LogP contribution in [0.1, 0.15) is 87.5 Å². The Labute approximate surface area is 313 Å². The van der Waals surface area contributed by atoms with Gasteiger partial charge in [-0.05, 0) is 57.0 Å². The quantitative estimate of drug-likeness (QED) is 0.140. The summed E-state index contributed by atoms with van der Waals surface area (Å²) in [5.41, 5.74) is 0. The number of methoxy groups -OCH3 is 3. The molecule has 1 rings (SSSR count). The lowest BCUT2D eigenvalue weighted by molar-refractivity contribution is -0.149. The van der Waals surface area contributed by atoms with E-state index in [1.165, 1.54) is 14.2 Å². The molecule has 9 atom stereocenters. The number of hydrogen-bond acceptors (Lipinski definition) is 10. The lowest BCUT2D eigenvalue weighted by atomic mass is 9.83. The third-order valence-electron chi connectivity index (χ3n) is 10.5. The lowest BCUT2D eigenvalue weighted by Crippen LogP contribution is -2.60. The number of nitrogens with one attached hydrogen (secondary N) is 2. The van der Waals surface area contributed by atoms with Crippen LogP contribution in [-0.2, 0) is 38.2 Å². The van der Waals surface area contributed by atoms with Crippen LogP contribution in [0.25, 0.3) is 0 Å². The van der Waals surface area contributed by atoms with Crippen molar-refractivity contribution in [2.24, 2.45) is 29.6 Å². The predicted octanol–water partition coefficient (Wildman–Crippen LogP) is 2.31. The molecule has 3 N–H and O–H groups in total. The predicted molar refractivity (Wildman–Crippen MR) is 200 cm³/mol. The van der Waals surface area contributed by atoms with Crippen LogP contribution in [0.15, 0.2) is 0 Å². The Morgan fingerprint density at radius 2 is 1.50 bits per heavy atom. The van der Waals surface area contributed by atoms with E-state index in [0.717, 1.165) is 12.8 Å². The molecule has 52 heavy (non-hydrogen) atoms. The summed E-state index contributed by atoms with van der Waals surface area (Å²) < 4.78 is 16.6. The van der Waals surface area contributed by atoms with Crippen LogP contribution >= 0.6 is 0 Å². The minimum absolute atomic E-state index is 0.000463. The third-order valence-corrected chi connectivity index (χ3v) is 10.5. The molecule has 1 saturated heterocycles. The molecule has 0 aliphatic carbocycles. The van der Waals surface area contributed by atoms with Crippen molar-refractivity contribution in [3.8, 4) is 0 Å². The molecule has 0 aromatic rings. The van der Waals surface area contributed by atoms with Gasteiger partial charge in [0.2, 0.25) is 23.6 Å². The van der Waals surface area contributed by atoms with Crippen molar-refractivity contribution in [3.63, 3.8) is 0 Å². The second kappa shape index (κ2) is 22.4. The number of aliphatic hydroxyl groups is 1. The molecule has 1 aliphatic heterocycles. The summed E-state index contributed by atoms with van der Waals surface area (Å²) in [6.07, 6.45) is 1.49. The van der Waals surface area contributed by atoms with Crippen LogP contribution in [-0.4, -0.2) is 147 Å². The first-order chi connectivity index (χ1) is 24.3. The fourth-order valence-electron chi connectivity index (χ4n) is 7.82. The van der Waals surface area contributed by atoms with E-state index in [1.807, 2.05) is 46.7 Å². The smallest absolute Gasteiger partial charge is 0.330 e. The van der Waals surface area contributed by atoms with Gasteiger partial charge >= 0.3 is 5.97 Å². The Kier molecular flexibility index (Phi) is 20.4. The number of amides is 4. The van der Waals surface area contributed by atoms with E-state index in [2.05, 4.69) is 36.1 Å². The Hall–Kier alpha value is -2.81. The lowest BCUT2D eigenvalue weighted by Gasteiger charge is -2.42. The molecule has 0 radical (unpaired) electrons. The zero-order valence-corrected chi connectivity index (χ0v) is 34.4. The van der Waals surface area contributed by atoms with Crippen molar-refractivity contribution in [1.29, 1.82) is 0 Å². The maximum absolute atomic E-state index is 14.4. The number of likely N-dealkylation sites (tertiary alicyclic amines) is 1. The van der Waals surface area contributed by atoms with E-state index in [1.54, 1.807) is 30.9 Å². The highest BCUT2D eigenvalue weighted by molar-refractivity contribution is 5.90. The molecule has 14 heteroatoms. The van der Waals surface area contributed by atoms with E-state index in [9.17, 15) is 29.1 Å². The maximum atomic E-state index is 14.4. The van der Waals surface area contributed by atoms with Gasteiger partial charge < -0.3 is 39.8 Å². The van der Waals surface area contributed by atoms with Crippen molar-refractivity contribution >= 4 is 29.6 Å². The molecule has 302 valence electrons. The van der Waals surface area contributed by atoms with Crippen molar-refractivity contribution in [2.75, 3.05) is 55.6 Å². The van der Waals surface area contributed by atoms with E-state index in [-0.39, 0.29) is 41.9 Å². The molecular weight excluding hydrogens is 670 g/mol. The van der Waals surface area contributed by atoms with Gasteiger partial charge in [-0.1, -0.05) is 61.8 Å². The highest BCUT2D eigenvalue weighted by Gasteiger charge is 2.44. The molecule has 1 aliphatic rings. The summed E-state index contributed by atoms with van der Waals surface area (Å²) in [6.45, 7) is 15.6. The van der Waals surface area contributed by atoms with Crippen LogP contribution < -0.4 is 10.6 Å². The minimum atomic E-state index is -1.22. The zero-order chi connectivity index (χ0) is 40.0. The van der Waals surface area contributed by atoms with Crippen molar-refractivity contribution in [3.05, 3.63) is 0 Å². The topological polar surface area (TPSA) is 167 Å². The van der Waals surface area contributed by atoms with Crippen LogP contribution in [0.2, 0.25) is 0 Å². The van der Waals surface area contributed by atoms with Gasteiger partial charge in [0, 0.05) is 27.8 Å². The minimum Gasteiger partial charge on any atom is -0.467 e. The summed E-state index contributed by atoms with van der Waals surface area (Å²) in [7, 11) is 9.66. The Balaban J connectivity index is 3.44. The third kappa shape index (κ3) is 12.7. The van der Waals surface area contributed by atoms with Gasteiger partial charge in [0.15, 0.2) is 6.04 Å².